The summed E-state index contributed by atoms with van der Waals surface area (Å²) in [6, 6.07) is 7.69. The van der Waals surface area contributed by atoms with Crippen LogP contribution in [0.5, 0.6) is 0 Å². The molecule has 3 aliphatic heterocycles. The quantitative estimate of drug-likeness (QED) is 0.672. The van der Waals surface area contributed by atoms with Gasteiger partial charge in [0.2, 0.25) is 11.8 Å². The molecule has 154 valence electrons. The first kappa shape index (κ1) is 21.3. The summed E-state index contributed by atoms with van der Waals surface area (Å²) in [5.74, 6) is 0.259. The van der Waals surface area contributed by atoms with Crippen LogP contribution in [0, 0.1) is 0 Å². The summed E-state index contributed by atoms with van der Waals surface area (Å²) in [7, 11) is 0. The van der Waals surface area contributed by atoms with Crippen LogP contribution in [0.2, 0.25) is 5.02 Å². The van der Waals surface area contributed by atoms with Crippen molar-refractivity contribution in [3.63, 3.8) is 0 Å². The first-order chi connectivity index (χ1) is 13.1. The number of piperidine rings is 1. The highest BCUT2D eigenvalue weighted by Gasteiger charge is 2.37. The maximum Gasteiger partial charge on any atom is 0.241 e. The van der Waals surface area contributed by atoms with Crippen molar-refractivity contribution in [2.45, 2.75) is 37.4 Å². The normalized spacial score (nSPS) is 28.2. The zero-order chi connectivity index (χ0) is 18.8. The van der Waals surface area contributed by atoms with Crippen molar-refractivity contribution in [2.75, 3.05) is 32.7 Å². The van der Waals surface area contributed by atoms with E-state index >= 15 is 0 Å². The van der Waals surface area contributed by atoms with Crippen LogP contribution in [-0.2, 0) is 9.59 Å². The number of hydrogen-bond acceptors (Lipinski definition) is 5. The van der Waals surface area contributed by atoms with Gasteiger partial charge in [-0.3, -0.25) is 9.59 Å². The van der Waals surface area contributed by atoms with Gasteiger partial charge >= 0.3 is 0 Å². The standard InChI is InChI=1S/C19H26ClN5O2.ClH/c20-14-5-3-13(4-6-14)16-10-17(23-22-16)19(27)24-8-1-2-15(12-24)25-9-7-21-11-18(25)26;/h3-6,15-17,21-23H,1-2,7-12H2;1H. The zero-order valence-electron chi connectivity index (χ0n) is 15.7. The zero-order valence-corrected chi connectivity index (χ0v) is 17.3. The van der Waals surface area contributed by atoms with Gasteiger partial charge in [-0.2, -0.15) is 0 Å². The third kappa shape index (κ3) is 4.60. The number of nitrogens with one attached hydrogen (secondary N) is 3. The summed E-state index contributed by atoms with van der Waals surface area (Å²) >= 11 is 5.96. The summed E-state index contributed by atoms with van der Waals surface area (Å²) in [6.45, 7) is 3.36. The number of nitrogens with zero attached hydrogens (tertiary/aromatic N) is 2. The lowest BCUT2D eigenvalue weighted by Crippen LogP contribution is -2.59. The number of hydrogen-bond donors (Lipinski definition) is 3. The molecular weight excluding hydrogens is 401 g/mol. The first-order valence-corrected chi connectivity index (χ1v) is 10.0. The van der Waals surface area contributed by atoms with Crippen LogP contribution in [0.4, 0.5) is 0 Å². The molecule has 0 aromatic heterocycles. The van der Waals surface area contributed by atoms with Gasteiger partial charge in [0.25, 0.3) is 0 Å². The Morgan fingerprint density at radius 1 is 1.14 bits per heavy atom. The summed E-state index contributed by atoms with van der Waals surface area (Å²) in [5, 5.41) is 3.82. The lowest BCUT2D eigenvalue weighted by atomic mass is 9.99. The van der Waals surface area contributed by atoms with E-state index in [9.17, 15) is 9.59 Å². The third-order valence-electron chi connectivity index (χ3n) is 5.75. The second kappa shape index (κ2) is 9.41. The fraction of sp³-hybridized carbons (Fsp3) is 0.579. The minimum Gasteiger partial charge on any atom is -0.339 e. The lowest BCUT2D eigenvalue weighted by Gasteiger charge is -2.41. The molecule has 28 heavy (non-hydrogen) atoms. The van der Waals surface area contributed by atoms with Gasteiger partial charge in [-0.25, -0.2) is 10.9 Å². The molecule has 3 atom stereocenters. The van der Waals surface area contributed by atoms with Crippen LogP contribution < -0.4 is 16.2 Å². The van der Waals surface area contributed by atoms with E-state index in [-0.39, 0.29) is 42.3 Å². The monoisotopic (exact) mass is 427 g/mol. The Hall–Kier alpha value is -1.38. The Labute approximate surface area is 176 Å². The van der Waals surface area contributed by atoms with Crippen LogP contribution in [-0.4, -0.2) is 66.4 Å². The van der Waals surface area contributed by atoms with Crippen molar-refractivity contribution in [3.05, 3.63) is 34.9 Å². The largest absolute Gasteiger partial charge is 0.339 e. The molecule has 0 aliphatic carbocycles. The van der Waals surface area contributed by atoms with Gasteiger partial charge in [0, 0.05) is 43.3 Å². The maximum absolute atomic E-state index is 13.0. The molecule has 1 aromatic carbocycles. The summed E-state index contributed by atoms with van der Waals surface area (Å²) in [4.78, 5) is 29.1. The maximum atomic E-state index is 13.0. The number of carbonyl (C=O) groups excluding carboxylic acids is 2. The van der Waals surface area contributed by atoms with E-state index < -0.39 is 0 Å². The number of halogens is 2. The number of rotatable bonds is 3. The van der Waals surface area contributed by atoms with Crippen LogP contribution in [0.1, 0.15) is 30.9 Å². The van der Waals surface area contributed by atoms with Crippen molar-refractivity contribution in [2.24, 2.45) is 0 Å². The molecule has 0 saturated carbocycles. The van der Waals surface area contributed by atoms with E-state index in [0.29, 0.717) is 24.5 Å². The van der Waals surface area contributed by atoms with E-state index in [1.807, 2.05) is 34.1 Å². The average Bonchev–Trinajstić information content (AvgIpc) is 3.18. The number of carbonyl (C=O) groups is 2. The number of piperazine rings is 1. The van der Waals surface area contributed by atoms with Gasteiger partial charge in [0.05, 0.1) is 6.54 Å². The summed E-state index contributed by atoms with van der Waals surface area (Å²) < 4.78 is 0. The van der Waals surface area contributed by atoms with E-state index in [0.717, 1.165) is 38.0 Å². The van der Waals surface area contributed by atoms with Crippen molar-refractivity contribution in [1.82, 2.24) is 26.0 Å². The first-order valence-electron chi connectivity index (χ1n) is 9.67. The highest BCUT2D eigenvalue weighted by molar-refractivity contribution is 6.30. The number of hydrazine groups is 1. The molecule has 3 unspecified atom stereocenters. The molecule has 3 saturated heterocycles. The van der Waals surface area contributed by atoms with E-state index in [1.54, 1.807) is 0 Å². The van der Waals surface area contributed by atoms with Crippen molar-refractivity contribution in [3.8, 4) is 0 Å². The number of benzene rings is 1. The second-order valence-corrected chi connectivity index (χ2v) is 7.96. The molecule has 4 rings (SSSR count). The fourth-order valence-electron chi connectivity index (χ4n) is 4.27. The van der Waals surface area contributed by atoms with Crippen molar-refractivity contribution in [1.29, 1.82) is 0 Å². The highest BCUT2D eigenvalue weighted by Crippen LogP contribution is 2.25. The smallest absolute Gasteiger partial charge is 0.241 e. The van der Waals surface area contributed by atoms with E-state index in [1.165, 1.54) is 0 Å². The molecule has 3 fully saturated rings. The molecule has 1 aromatic rings. The molecule has 3 aliphatic rings. The molecule has 0 bridgehead atoms. The predicted octanol–water partition coefficient (Wildman–Crippen LogP) is 1.09. The number of likely N-dealkylation sites (tertiary alicyclic amines) is 1. The molecule has 7 nitrogen and oxygen atoms in total. The molecule has 0 radical (unpaired) electrons. The molecule has 9 heteroatoms. The van der Waals surface area contributed by atoms with Gasteiger partial charge in [-0.05, 0) is 37.0 Å². The van der Waals surface area contributed by atoms with Crippen molar-refractivity contribution >= 4 is 35.8 Å². The van der Waals surface area contributed by atoms with Gasteiger partial charge in [-0.1, -0.05) is 23.7 Å². The topological polar surface area (TPSA) is 76.7 Å². The third-order valence-corrected chi connectivity index (χ3v) is 6.00. The Bertz CT molecular complexity index is 702. The molecule has 3 heterocycles. The summed E-state index contributed by atoms with van der Waals surface area (Å²) in [6.07, 6.45) is 2.61. The molecular formula is C19H27Cl2N5O2. The minimum atomic E-state index is -0.247. The summed E-state index contributed by atoms with van der Waals surface area (Å²) in [5.41, 5.74) is 7.50. The Morgan fingerprint density at radius 3 is 2.68 bits per heavy atom. The Kier molecular flexibility index (Phi) is 7.17. The van der Waals surface area contributed by atoms with Gasteiger partial charge in [0.15, 0.2) is 0 Å². The van der Waals surface area contributed by atoms with Crippen LogP contribution >= 0.6 is 24.0 Å². The second-order valence-electron chi connectivity index (χ2n) is 7.53. The van der Waals surface area contributed by atoms with Gasteiger partial charge < -0.3 is 15.1 Å². The Balaban J connectivity index is 0.00000225. The molecule has 2 amide bonds. The average molecular weight is 428 g/mol. The number of amides is 2. The van der Waals surface area contributed by atoms with Crippen LogP contribution in [0.25, 0.3) is 0 Å². The van der Waals surface area contributed by atoms with Crippen LogP contribution in [0.3, 0.4) is 0 Å². The molecule has 0 spiro atoms. The minimum absolute atomic E-state index is 0. The van der Waals surface area contributed by atoms with Crippen molar-refractivity contribution < 1.29 is 9.59 Å². The van der Waals surface area contributed by atoms with E-state index in [2.05, 4.69) is 16.2 Å². The van der Waals surface area contributed by atoms with Gasteiger partial charge in [-0.15, -0.1) is 12.4 Å². The fourth-order valence-corrected chi connectivity index (χ4v) is 4.39. The SMILES string of the molecule is Cl.O=C(C1CC(c2ccc(Cl)cc2)NN1)N1CCCC(N2CCNCC2=O)C1. The van der Waals surface area contributed by atoms with E-state index in [4.69, 9.17) is 11.6 Å². The predicted molar refractivity (Wildman–Crippen MR) is 110 cm³/mol. The lowest BCUT2D eigenvalue weighted by molar-refractivity contribution is -0.141. The van der Waals surface area contributed by atoms with Gasteiger partial charge in [0.1, 0.15) is 6.04 Å². The highest BCUT2D eigenvalue weighted by atomic mass is 35.5. The molecule has 3 N–H and O–H groups in total. The Morgan fingerprint density at radius 2 is 1.93 bits per heavy atom. The van der Waals surface area contributed by atoms with Crippen LogP contribution in [0.15, 0.2) is 24.3 Å².